The van der Waals surface area contributed by atoms with Gasteiger partial charge in [0.25, 0.3) is 0 Å². The lowest BCUT2D eigenvalue weighted by atomic mass is 9.81. The molecule has 0 bridgehead atoms. The highest BCUT2D eigenvalue weighted by Gasteiger charge is 2.22. The maximum Gasteiger partial charge on any atom is 0.0405 e. The average Bonchev–Trinajstić information content (AvgIpc) is 2.30. The quantitative estimate of drug-likeness (QED) is 0.757. The summed E-state index contributed by atoms with van der Waals surface area (Å²) >= 11 is 0. The molecule has 1 aliphatic carbocycles. The molecule has 0 unspecified atom stereocenters. The van der Waals surface area contributed by atoms with Crippen LogP contribution in [-0.4, -0.2) is 0 Å². The largest absolute Gasteiger partial charge is 0.398 e. The second-order valence-electron chi connectivity index (χ2n) is 5.56. The van der Waals surface area contributed by atoms with Gasteiger partial charge in [-0.25, -0.2) is 0 Å². The van der Waals surface area contributed by atoms with Gasteiger partial charge in [-0.15, -0.1) is 0 Å². The highest BCUT2D eigenvalue weighted by atomic mass is 14.6. The van der Waals surface area contributed by atoms with Crippen molar-refractivity contribution in [3.8, 4) is 0 Å². The van der Waals surface area contributed by atoms with Gasteiger partial charge in [0.1, 0.15) is 0 Å². The first-order valence-electron chi connectivity index (χ1n) is 6.79. The minimum Gasteiger partial charge on any atom is -0.398 e. The van der Waals surface area contributed by atoms with Crippen molar-refractivity contribution >= 4 is 11.4 Å². The molecule has 1 aromatic rings. The summed E-state index contributed by atoms with van der Waals surface area (Å²) in [6, 6.07) is 4.12. The third-order valence-corrected chi connectivity index (χ3v) is 3.99. The van der Waals surface area contributed by atoms with E-state index in [4.69, 9.17) is 11.5 Å². The maximum atomic E-state index is 6.34. The Kier molecular flexibility index (Phi) is 3.60. The SMILES string of the molecule is CC(C)c1ccc(N)c(C2CCCCC2)c1N. The van der Waals surface area contributed by atoms with Gasteiger partial charge in [0.05, 0.1) is 0 Å². The van der Waals surface area contributed by atoms with Gasteiger partial charge < -0.3 is 11.5 Å². The Labute approximate surface area is 104 Å². The van der Waals surface area contributed by atoms with Crippen molar-refractivity contribution in [3.63, 3.8) is 0 Å². The summed E-state index contributed by atoms with van der Waals surface area (Å²) in [6.45, 7) is 4.37. The second kappa shape index (κ2) is 4.99. The van der Waals surface area contributed by atoms with Crippen LogP contribution in [-0.2, 0) is 0 Å². The number of anilines is 2. The van der Waals surface area contributed by atoms with Gasteiger partial charge in [0, 0.05) is 16.9 Å². The molecule has 94 valence electrons. The molecule has 2 heteroatoms. The van der Waals surface area contributed by atoms with Crippen LogP contribution in [0.4, 0.5) is 11.4 Å². The van der Waals surface area contributed by atoms with Gasteiger partial charge in [-0.05, 0) is 36.3 Å². The molecule has 0 radical (unpaired) electrons. The fraction of sp³-hybridized carbons (Fsp3) is 0.600. The van der Waals surface area contributed by atoms with Crippen molar-refractivity contribution < 1.29 is 0 Å². The van der Waals surface area contributed by atoms with E-state index in [0.29, 0.717) is 11.8 Å². The maximum absolute atomic E-state index is 6.34. The minimum atomic E-state index is 0.470. The molecule has 1 aliphatic rings. The summed E-state index contributed by atoms with van der Waals surface area (Å²) in [7, 11) is 0. The van der Waals surface area contributed by atoms with E-state index in [9.17, 15) is 0 Å². The minimum absolute atomic E-state index is 0.470. The molecule has 0 spiro atoms. The first kappa shape index (κ1) is 12.3. The summed E-state index contributed by atoms with van der Waals surface area (Å²) in [5, 5.41) is 0. The monoisotopic (exact) mass is 232 g/mol. The van der Waals surface area contributed by atoms with Gasteiger partial charge in [0.2, 0.25) is 0 Å². The van der Waals surface area contributed by atoms with E-state index in [0.717, 1.165) is 11.4 Å². The van der Waals surface area contributed by atoms with Crippen LogP contribution < -0.4 is 11.5 Å². The first-order valence-corrected chi connectivity index (χ1v) is 6.79. The highest BCUT2D eigenvalue weighted by molar-refractivity contribution is 5.67. The molecule has 0 heterocycles. The molecule has 4 N–H and O–H groups in total. The third-order valence-electron chi connectivity index (χ3n) is 3.99. The zero-order valence-corrected chi connectivity index (χ0v) is 11.0. The van der Waals surface area contributed by atoms with E-state index < -0.39 is 0 Å². The predicted molar refractivity (Wildman–Crippen MR) is 75.2 cm³/mol. The van der Waals surface area contributed by atoms with Crippen LogP contribution in [0.5, 0.6) is 0 Å². The van der Waals surface area contributed by atoms with Gasteiger partial charge in [-0.3, -0.25) is 0 Å². The number of nitrogens with two attached hydrogens (primary N) is 2. The molecule has 0 aromatic heterocycles. The van der Waals surface area contributed by atoms with Crippen molar-refractivity contribution in [2.24, 2.45) is 0 Å². The molecule has 0 atom stereocenters. The molecule has 2 rings (SSSR count). The molecular formula is C15H24N2. The van der Waals surface area contributed by atoms with Crippen molar-refractivity contribution in [1.29, 1.82) is 0 Å². The Morgan fingerprint density at radius 2 is 1.71 bits per heavy atom. The van der Waals surface area contributed by atoms with E-state index in [1.165, 1.54) is 43.2 Å². The molecule has 1 fully saturated rings. The lowest BCUT2D eigenvalue weighted by Crippen LogP contribution is -2.12. The van der Waals surface area contributed by atoms with Crippen LogP contribution in [0.15, 0.2) is 12.1 Å². The zero-order valence-electron chi connectivity index (χ0n) is 11.0. The molecular weight excluding hydrogens is 208 g/mol. The zero-order chi connectivity index (χ0) is 12.4. The lowest BCUT2D eigenvalue weighted by Gasteiger charge is -2.26. The lowest BCUT2D eigenvalue weighted by molar-refractivity contribution is 0.445. The normalized spacial score (nSPS) is 17.6. The Morgan fingerprint density at radius 1 is 1.06 bits per heavy atom. The smallest absolute Gasteiger partial charge is 0.0405 e. The molecule has 2 nitrogen and oxygen atoms in total. The number of rotatable bonds is 2. The standard InChI is InChI=1S/C15H24N2/c1-10(2)12-8-9-13(16)14(15(12)17)11-6-4-3-5-7-11/h8-11H,3-7,16-17H2,1-2H3. The van der Waals surface area contributed by atoms with Gasteiger partial charge in [-0.2, -0.15) is 0 Å². The molecule has 0 amide bonds. The highest BCUT2D eigenvalue weighted by Crippen LogP contribution is 2.41. The fourth-order valence-electron chi connectivity index (χ4n) is 3.02. The fourth-order valence-corrected chi connectivity index (χ4v) is 3.02. The van der Waals surface area contributed by atoms with Crippen LogP contribution in [0.25, 0.3) is 0 Å². The number of benzene rings is 1. The van der Waals surface area contributed by atoms with Crippen molar-refractivity contribution in [2.75, 3.05) is 11.5 Å². The van der Waals surface area contributed by atoms with Gasteiger partial charge in [-0.1, -0.05) is 39.2 Å². The van der Waals surface area contributed by atoms with Crippen molar-refractivity contribution in [3.05, 3.63) is 23.3 Å². The predicted octanol–water partition coefficient (Wildman–Crippen LogP) is 4.02. The Bertz CT molecular complexity index is 390. The van der Waals surface area contributed by atoms with Gasteiger partial charge in [0.15, 0.2) is 0 Å². The van der Waals surface area contributed by atoms with E-state index >= 15 is 0 Å². The average molecular weight is 232 g/mol. The summed E-state index contributed by atoms with van der Waals surface area (Å²) in [5.41, 5.74) is 16.8. The van der Waals surface area contributed by atoms with Crippen LogP contribution >= 0.6 is 0 Å². The number of nitrogen functional groups attached to an aromatic ring is 2. The van der Waals surface area contributed by atoms with Crippen molar-refractivity contribution in [1.82, 2.24) is 0 Å². The summed E-state index contributed by atoms with van der Waals surface area (Å²) < 4.78 is 0. The van der Waals surface area contributed by atoms with Crippen molar-refractivity contribution in [2.45, 2.75) is 57.8 Å². The van der Waals surface area contributed by atoms with Crippen LogP contribution in [0.3, 0.4) is 0 Å². The topological polar surface area (TPSA) is 52.0 Å². The molecule has 0 saturated heterocycles. The molecule has 17 heavy (non-hydrogen) atoms. The number of hydrogen-bond donors (Lipinski definition) is 2. The van der Waals surface area contributed by atoms with Gasteiger partial charge >= 0.3 is 0 Å². The van der Waals surface area contributed by atoms with Crippen LogP contribution in [0.2, 0.25) is 0 Å². The molecule has 0 aliphatic heterocycles. The van der Waals surface area contributed by atoms with Crippen LogP contribution in [0.1, 0.15) is 68.9 Å². The summed E-state index contributed by atoms with van der Waals surface area (Å²) in [5.74, 6) is 1.06. The Balaban J connectivity index is 2.40. The third kappa shape index (κ3) is 2.41. The Hall–Kier alpha value is -1.18. The molecule has 1 aromatic carbocycles. The Morgan fingerprint density at radius 3 is 2.29 bits per heavy atom. The second-order valence-corrected chi connectivity index (χ2v) is 5.56. The summed E-state index contributed by atoms with van der Waals surface area (Å²) in [4.78, 5) is 0. The van der Waals surface area contributed by atoms with E-state index in [2.05, 4.69) is 19.9 Å². The molecule has 1 saturated carbocycles. The number of hydrogen-bond acceptors (Lipinski definition) is 2. The van der Waals surface area contributed by atoms with Crippen LogP contribution in [0, 0.1) is 0 Å². The van der Waals surface area contributed by atoms with E-state index in [-0.39, 0.29) is 0 Å². The van der Waals surface area contributed by atoms with E-state index in [1.807, 2.05) is 6.07 Å². The first-order chi connectivity index (χ1) is 8.11. The van der Waals surface area contributed by atoms with E-state index in [1.54, 1.807) is 0 Å². The summed E-state index contributed by atoms with van der Waals surface area (Å²) in [6.07, 6.45) is 6.48.